The van der Waals surface area contributed by atoms with Gasteiger partial charge in [0.05, 0.1) is 0 Å². The summed E-state index contributed by atoms with van der Waals surface area (Å²) >= 11 is 0. The van der Waals surface area contributed by atoms with Crippen molar-refractivity contribution in [2.75, 3.05) is 14.1 Å². The normalized spacial score (nSPS) is 10.4. The van der Waals surface area contributed by atoms with Crippen LogP contribution in [0.3, 0.4) is 0 Å². The van der Waals surface area contributed by atoms with Crippen LogP contribution in [0, 0.1) is 0 Å². The number of carbonyl (C=O) groups is 2. The van der Waals surface area contributed by atoms with Crippen molar-refractivity contribution in [2.24, 2.45) is 5.10 Å². The molecule has 6 heteroatoms. The summed E-state index contributed by atoms with van der Waals surface area (Å²) in [6.07, 6.45) is 1.06. The van der Waals surface area contributed by atoms with Crippen LogP contribution in [-0.4, -0.2) is 43.3 Å². The van der Waals surface area contributed by atoms with Gasteiger partial charge in [0, 0.05) is 20.1 Å². The fraction of sp³-hybridized carbons (Fsp3) is 0.625. The molecular weight excluding hydrogens is 184 g/mol. The van der Waals surface area contributed by atoms with Gasteiger partial charge in [0.1, 0.15) is 6.21 Å². The van der Waals surface area contributed by atoms with E-state index >= 15 is 0 Å². The summed E-state index contributed by atoms with van der Waals surface area (Å²) in [6, 6.07) is -0.321. The van der Waals surface area contributed by atoms with Gasteiger partial charge in [0.15, 0.2) is 0 Å². The molecule has 3 amide bonds. The molecule has 0 bridgehead atoms. The van der Waals surface area contributed by atoms with Crippen molar-refractivity contribution in [3.05, 3.63) is 0 Å². The quantitative estimate of drug-likeness (QED) is 0.487. The third kappa shape index (κ3) is 5.13. The molecule has 0 aromatic rings. The lowest BCUT2D eigenvalue weighted by atomic mass is 10.4. The number of nitrogens with zero attached hydrogens (tertiary/aromatic N) is 2. The molecule has 14 heavy (non-hydrogen) atoms. The van der Waals surface area contributed by atoms with Crippen LogP contribution < -0.4 is 10.6 Å². The number of urea groups is 1. The number of nitrogens with one attached hydrogen (secondary N) is 2. The first-order valence-electron chi connectivity index (χ1n) is 4.27. The van der Waals surface area contributed by atoms with E-state index in [1.807, 2.05) is 13.8 Å². The van der Waals surface area contributed by atoms with Crippen molar-refractivity contribution in [1.29, 1.82) is 0 Å². The molecule has 0 radical (unpaired) electrons. The smallest absolute Gasteiger partial charge is 0.337 e. The summed E-state index contributed by atoms with van der Waals surface area (Å²) in [5, 5.41) is 9.65. The van der Waals surface area contributed by atoms with Gasteiger partial charge in [-0.1, -0.05) is 0 Å². The second kappa shape index (κ2) is 5.95. The van der Waals surface area contributed by atoms with Gasteiger partial charge in [0.2, 0.25) is 0 Å². The number of carbonyl (C=O) groups excluding carboxylic acids is 2. The first kappa shape index (κ1) is 12.4. The summed E-state index contributed by atoms with van der Waals surface area (Å²) in [5.74, 6) is -0.323. The van der Waals surface area contributed by atoms with E-state index in [-0.39, 0.29) is 18.0 Å². The van der Waals surface area contributed by atoms with E-state index in [4.69, 9.17) is 0 Å². The molecule has 0 atom stereocenters. The van der Waals surface area contributed by atoms with Crippen molar-refractivity contribution in [3.63, 3.8) is 0 Å². The largest absolute Gasteiger partial charge is 0.349 e. The van der Waals surface area contributed by atoms with Gasteiger partial charge in [-0.15, -0.1) is 0 Å². The molecule has 0 aromatic carbocycles. The van der Waals surface area contributed by atoms with E-state index in [2.05, 4.69) is 15.7 Å². The van der Waals surface area contributed by atoms with Crippen molar-refractivity contribution in [3.8, 4) is 0 Å². The molecule has 0 unspecified atom stereocenters. The lowest BCUT2D eigenvalue weighted by molar-refractivity contribution is -0.114. The minimum Gasteiger partial charge on any atom is -0.349 e. The van der Waals surface area contributed by atoms with Gasteiger partial charge in [-0.3, -0.25) is 4.79 Å². The van der Waals surface area contributed by atoms with E-state index in [9.17, 15) is 9.59 Å². The monoisotopic (exact) mass is 200 g/mol. The zero-order valence-corrected chi connectivity index (χ0v) is 8.87. The molecule has 2 N–H and O–H groups in total. The molecule has 80 valence electrons. The van der Waals surface area contributed by atoms with Crippen LogP contribution in [0.25, 0.3) is 0 Å². The van der Waals surface area contributed by atoms with Gasteiger partial charge < -0.3 is 10.6 Å². The van der Waals surface area contributed by atoms with Gasteiger partial charge in [0.25, 0.3) is 5.91 Å². The lowest BCUT2D eigenvalue weighted by Gasteiger charge is -2.09. The van der Waals surface area contributed by atoms with Crippen LogP contribution in [0.1, 0.15) is 13.8 Å². The number of hydrazone groups is 1. The Hall–Kier alpha value is -1.59. The Kier molecular flexibility index (Phi) is 5.28. The molecular formula is C8H16N4O2. The minimum atomic E-state index is -0.376. The highest BCUT2D eigenvalue weighted by molar-refractivity contribution is 6.26. The van der Waals surface area contributed by atoms with Crippen molar-refractivity contribution in [1.82, 2.24) is 15.6 Å². The van der Waals surface area contributed by atoms with Crippen LogP contribution in [0.15, 0.2) is 5.10 Å². The highest BCUT2D eigenvalue weighted by Gasteiger charge is 2.03. The van der Waals surface area contributed by atoms with E-state index < -0.39 is 0 Å². The molecule has 0 spiro atoms. The molecule has 6 nitrogen and oxygen atoms in total. The number of hydrogen-bond acceptors (Lipinski definition) is 3. The van der Waals surface area contributed by atoms with E-state index in [0.717, 1.165) is 11.2 Å². The molecule has 0 fully saturated rings. The maximum atomic E-state index is 11.1. The highest BCUT2D eigenvalue weighted by atomic mass is 16.2. The molecule has 0 saturated heterocycles. The Morgan fingerprint density at radius 2 is 2.00 bits per heavy atom. The highest BCUT2D eigenvalue weighted by Crippen LogP contribution is 1.83. The second-order valence-electron chi connectivity index (χ2n) is 2.99. The Bertz CT molecular complexity index is 237. The van der Waals surface area contributed by atoms with Crippen LogP contribution in [0.2, 0.25) is 0 Å². The third-order valence-electron chi connectivity index (χ3n) is 1.29. The van der Waals surface area contributed by atoms with Crippen molar-refractivity contribution in [2.45, 2.75) is 19.9 Å². The van der Waals surface area contributed by atoms with Crippen LogP contribution in [0.4, 0.5) is 4.79 Å². The number of amides is 3. The fourth-order valence-corrected chi connectivity index (χ4v) is 0.675. The van der Waals surface area contributed by atoms with Crippen molar-refractivity contribution < 1.29 is 9.59 Å². The van der Waals surface area contributed by atoms with E-state index in [1.165, 1.54) is 14.1 Å². The Morgan fingerprint density at radius 3 is 2.43 bits per heavy atom. The zero-order chi connectivity index (χ0) is 11.1. The molecule has 0 aromatic heterocycles. The summed E-state index contributed by atoms with van der Waals surface area (Å²) < 4.78 is 0. The third-order valence-corrected chi connectivity index (χ3v) is 1.29. The predicted octanol–water partition coefficient (Wildman–Crippen LogP) is -0.232. The SMILES string of the molecule is CNC(=O)N(C)/N=C/C(=O)NC(C)C. The van der Waals surface area contributed by atoms with Crippen LogP contribution in [0.5, 0.6) is 0 Å². The van der Waals surface area contributed by atoms with Gasteiger partial charge in [-0.25, -0.2) is 9.80 Å². The molecule has 0 rings (SSSR count). The maximum Gasteiger partial charge on any atom is 0.337 e. The summed E-state index contributed by atoms with van der Waals surface area (Å²) in [5.41, 5.74) is 0. The zero-order valence-electron chi connectivity index (χ0n) is 8.87. The predicted molar refractivity (Wildman–Crippen MR) is 54.0 cm³/mol. The van der Waals surface area contributed by atoms with Crippen LogP contribution in [-0.2, 0) is 4.79 Å². The van der Waals surface area contributed by atoms with Crippen molar-refractivity contribution >= 4 is 18.2 Å². The summed E-state index contributed by atoms with van der Waals surface area (Å²) in [6.45, 7) is 3.68. The van der Waals surface area contributed by atoms with Gasteiger partial charge in [-0.05, 0) is 13.8 Å². The Labute approximate surface area is 83.3 Å². The molecule has 0 aliphatic rings. The van der Waals surface area contributed by atoms with E-state index in [1.54, 1.807) is 0 Å². The molecule has 0 aliphatic carbocycles. The molecule has 0 aliphatic heterocycles. The first-order valence-corrected chi connectivity index (χ1v) is 4.27. The second-order valence-corrected chi connectivity index (χ2v) is 2.99. The minimum absolute atomic E-state index is 0.0549. The number of hydrogen-bond donors (Lipinski definition) is 2. The first-order chi connectivity index (χ1) is 6.47. The van der Waals surface area contributed by atoms with Gasteiger partial charge >= 0.3 is 6.03 Å². The molecule has 0 saturated carbocycles. The fourth-order valence-electron chi connectivity index (χ4n) is 0.675. The lowest BCUT2D eigenvalue weighted by Crippen LogP contribution is -2.34. The Morgan fingerprint density at radius 1 is 1.43 bits per heavy atom. The number of rotatable bonds is 3. The van der Waals surface area contributed by atoms with Gasteiger partial charge in [-0.2, -0.15) is 5.10 Å². The standard InChI is InChI=1S/C8H16N4O2/c1-6(2)11-7(13)5-10-12(4)8(14)9-3/h5-6H,1-4H3,(H,9,14)(H,11,13)/b10-5+. The summed E-state index contributed by atoms with van der Waals surface area (Å²) in [4.78, 5) is 22.0. The topological polar surface area (TPSA) is 73.8 Å². The van der Waals surface area contributed by atoms with Crippen LogP contribution >= 0.6 is 0 Å². The average Bonchev–Trinajstić information content (AvgIpc) is 2.11. The maximum absolute atomic E-state index is 11.1. The molecule has 0 heterocycles. The Balaban J connectivity index is 4.03. The average molecular weight is 200 g/mol. The summed E-state index contributed by atoms with van der Waals surface area (Å²) in [7, 11) is 2.94. The van der Waals surface area contributed by atoms with E-state index in [0.29, 0.717) is 0 Å².